The van der Waals surface area contributed by atoms with E-state index in [0.29, 0.717) is 39.7 Å². The zero-order valence-electron chi connectivity index (χ0n) is 13.3. The predicted octanol–water partition coefficient (Wildman–Crippen LogP) is 2.87. The minimum atomic E-state index is -0.111. The highest BCUT2D eigenvalue weighted by atomic mass is 32.2. The first-order chi connectivity index (χ1) is 11.7. The third-order valence-corrected chi connectivity index (χ3v) is 4.61. The van der Waals surface area contributed by atoms with Crippen molar-refractivity contribution in [3.63, 3.8) is 0 Å². The first-order valence-corrected chi connectivity index (χ1v) is 8.63. The lowest BCUT2D eigenvalue weighted by molar-refractivity contribution is 0.296. The van der Waals surface area contributed by atoms with Crippen LogP contribution in [0.2, 0.25) is 0 Å². The Balaban J connectivity index is 2.20. The lowest BCUT2D eigenvalue weighted by Gasteiger charge is -2.13. The highest BCUT2D eigenvalue weighted by Gasteiger charge is 2.13. The van der Waals surface area contributed by atoms with Crippen molar-refractivity contribution in [3.8, 4) is 11.4 Å². The average Bonchev–Trinajstić information content (AvgIpc) is 2.62. The van der Waals surface area contributed by atoms with E-state index in [1.54, 1.807) is 17.7 Å². The maximum Gasteiger partial charge on any atom is 0.266 e. The average molecular weight is 342 g/mol. The minimum absolute atomic E-state index is 0.111. The normalized spacial score (nSPS) is 10.9. The van der Waals surface area contributed by atoms with Crippen molar-refractivity contribution in [2.75, 3.05) is 19.5 Å². The smallest absolute Gasteiger partial charge is 0.266 e. The number of aliphatic hydroxyl groups is 1. The molecule has 6 heteroatoms. The van der Waals surface area contributed by atoms with Gasteiger partial charge in [-0.25, -0.2) is 4.98 Å². The van der Waals surface area contributed by atoms with Crippen LogP contribution in [-0.2, 0) is 0 Å². The largest absolute Gasteiger partial charge is 0.497 e. The van der Waals surface area contributed by atoms with E-state index in [4.69, 9.17) is 9.84 Å². The van der Waals surface area contributed by atoms with E-state index in [9.17, 15) is 4.79 Å². The van der Waals surface area contributed by atoms with Gasteiger partial charge in [-0.05, 0) is 30.7 Å². The third-order valence-electron chi connectivity index (χ3n) is 3.59. The summed E-state index contributed by atoms with van der Waals surface area (Å²) in [6.45, 7) is 0.115. The van der Waals surface area contributed by atoms with Gasteiger partial charge in [0.15, 0.2) is 5.16 Å². The van der Waals surface area contributed by atoms with Crippen LogP contribution in [0, 0.1) is 0 Å². The molecule has 0 amide bonds. The molecule has 0 fully saturated rings. The van der Waals surface area contributed by atoms with E-state index in [2.05, 4.69) is 4.98 Å². The fourth-order valence-electron chi connectivity index (χ4n) is 2.41. The highest BCUT2D eigenvalue weighted by molar-refractivity contribution is 7.99. The van der Waals surface area contributed by atoms with E-state index in [1.165, 1.54) is 11.8 Å². The maximum absolute atomic E-state index is 13.0. The van der Waals surface area contributed by atoms with Crippen LogP contribution in [0.3, 0.4) is 0 Å². The van der Waals surface area contributed by atoms with Gasteiger partial charge in [0.05, 0.1) is 23.7 Å². The van der Waals surface area contributed by atoms with Gasteiger partial charge in [-0.1, -0.05) is 30.0 Å². The van der Waals surface area contributed by atoms with Crippen LogP contribution in [-0.4, -0.2) is 34.1 Å². The van der Waals surface area contributed by atoms with Crippen molar-refractivity contribution in [2.45, 2.75) is 11.6 Å². The van der Waals surface area contributed by atoms with Crippen LogP contribution >= 0.6 is 11.8 Å². The lowest BCUT2D eigenvalue weighted by Crippen LogP contribution is -2.21. The standard InChI is InChI=1S/C18H18N2O3S/c1-23-14-7-4-6-13(12-14)20-17(22)15-8-2-3-9-16(15)19-18(20)24-11-5-10-21/h2-4,6-9,12,21H,5,10-11H2,1H3. The topological polar surface area (TPSA) is 64.3 Å². The molecule has 24 heavy (non-hydrogen) atoms. The first kappa shape index (κ1) is 16.5. The van der Waals surface area contributed by atoms with Crippen LogP contribution in [0.15, 0.2) is 58.5 Å². The number of methoxy groups -OCH3 is 1. The van der Waals surface area contributed by atoms with Crippen LogP contribution in [0.4, 0.5) is 0 Å². The Kier molecular flexibility index (Phi) is 5.17. The summed E-state index contributed by atoms with van der Waals surface area (Å²) in [6, 6.07) is 14.7. The molecular formula is C18H18N2O3S. The summed E-state index contributed by atoms with van der Waals surface area (Å²) in [5, 5.41) is 10.2. The molecule has 1 aromatic heterocycles. The summed E-state index contributed by atoms with van der Waals surface area (Å²) in [5.74, 6) is 1.37. The van der Waals surface area contributed by atoms with Crippen LogP contribution in [0.25, 0.3) is 16.6 Å². The Morgan fingerprint density at radius 3 is 2.83 bits per heavy atom. The maximum atomic E-state index is 13.0. The number of hydrogen-bond donors (Lipinski definition) is 1. The van der Waals surface area contributed by atoms with E-state index >= 15 is 0 Å². The summed E-state index contributed by atoms with van der Waals surface area (Å²) < 4.78 is 6.87. The number of ether oxygens (including phenoxy) is 1. The van der Waals surface area contributed by atoms with Gasteiger partial charge in [0.25, 0.3) is 5.56 Å². The summed E-state index contributed by atoms with van der Waals surface area (Å²) in [6.07, 6.45) is 0.644. The predicted molar refractivity (Wildman–Crippen MR) is 96.3 cm³/mol. The fourth-order valence-corrected chi connectivity index (χ4v) is 3.35. The molecule has 0 saturated heterocycles. The molecule has 0 radical (unpaired) electrons. The van der Waals surface area contributed by atoms with Crippen molar-refractivity contribution < 1.29 is 9.84 Å². The molecule has 0 spiro atoms. The molecule has 3 rings (SSSR count). The number of hydrogen-bond acceptors (Lipinski definition) is 5. The van der Waals surface area contributed by atoms with E-state index in [-0.39, 0.29) is 12.2 Å². The summed E-state index contributed by atoms with van der Waals surface area (Å²) in [4.78, 5) is 17.6. The van der Waals surface area contributed by atoms with Crippen molar-refractivity contribution in [2.24, 2.45) is 0 Å². The van der Waals surface area contributed by atoms with Gasteiger partial charge in [0, 0.05) is 18.4 Å². The van der Waals surface area contributed by atoms with Gasteiger partial charge in [-0.3, -0.25) is 9.36 Å². The molecule has 0 aliphatic carbocycles. The number of fused-ring (bicyclic) bond motifs is 1. The summed E-state index contributed by atoms with van der Waals surface area (Å²) in [7, 11) is 1.59. The van der Waals surface area contributed by atoms with Gasteiger partial charge in [-0.15, -0.1) is 0 Å². The van der Waals surface area contributed by atoms with Gasteiger partial charge >= 0.3 is 0 Å². The molecule has 0 saturated carbocycles. The Morgan fingerprint density at radius 2 is 2.04 bits per heavy atom. The second-order valence-corrected chi connectivity index (χ2v) is 6.24. The minimum Gasteiger partial charge on any atom is -0.497 e. The number of rotatable bonds is 6. The quantitative estimate of drug-likeness (QED) is 0.424. The Morgan fingerprint density at radius 1 is 1.21 bits per heavy atom. The molecule has 0 aliphatic rings. The Labute approximate surface area is 143 Å². The molecule has 124 valence electrons. The van der Waals surface area contributed by atoms with Crippen molar-refractivity contribution >= 4 is 22.7 Å². The van der Waals surface area contributed by atoms with Gasteiger partial charge < -0.3 is 9.84 Å². The third kappa shape index (κ3) is 3.29. The second kappa shape index (κ2) is 7.51. The summed E-state index contributed by atoms with van der Waals surface area (Å²) >= 11 is 1.46. The SMILES string of the molecule is COc1cccc(-n2c(SCCCO)nc3ccccc3c2=O)c1. The van der Waals surface area contributed by atoms with Gasteiger partial charge in [-0.2, -0.15) is 0 Å². The van der Waals surface area contributed by atoms with Crippen LogP contribution in [0.5, 0.6) is 5.75 Å². The fraction of sp³-hybridized carbons (Fsp3) is 0.222. The zero-order chi connectivity index (χ0) is 16.9. The zero-order valence-corrected chi connectivity index (χ0v) is 14.1. The monoisotopic (exact) mass is 342 g/mol. The number of benzene rings is 2. The number of nitrogens with zero attached hydrogens (tertiary/aromatic N) is 2. The second-order valence-electron chi connectivity index (χ2n) is 5.18. The lowest BCUT2D eigenvalue weighted by atomic mass is 10.2. The molecule has 5 nitrogen and oxygen atoms in total. The van der Waals surface area contributed by atoms with Crippen LogP contribution < -0.4 is 10.3 Å². The molecule has 0 bridgehead atoms. The Hall–Kier alpha value is -2.31. The molecule has 0 aliphatic heterocycles. The van der Waals surface area contributed by atoms with Crippen molar-refractivity contribution in [1.29, 1.82) is 0 Å². The molecular weight excluding hydrogens is 324 g/mol. The molecule has 2 aromatic carbocycles. The molecule has 0 atom stereocenters. The van der Waals surface area contributed by atoms with Crippen molar-refractivity contribution in [3.05, 3.63) is 58.9 Å². The number of para-hydroxylation sites is 1. The highest BCUT2D eigenvalue weighted by Crippen LogP contribution is 2.23. The molecule has 1 heterocycles. The Bertz CT molecular complexity index is 908. The van der Waals surface area contributed by atoms with Gasteiger partial charge in [0.2, 0.25) is 0 Å². The molecule has 3 aromatic rings. The molecule has 1 N–H and O–H groups in total. The number of aromatic nitrogens is 2. The van der Waals surface area contributed by atoms with Crippen molar-refractivity contribution in [1.82, 2.24) is 9.55 Å². The summed E-state index contributed by atoms with van der Waals surface area (Å²) in [5.41, 5.74) is 1.28. The number of thioether (sulfide) groups is 1. The van der Waals surface area contributed by atoms with Gasteiger partial charge in [0.1, 0.15) is 5.75 Å². The first-order valence-electron chi connectivity index (χ1n) is 7.64. The van der Waals surface area contributed by atoms with E-state index < -0.39 is 0 Å². The molecule has 0 unspecified atom stereocenters. The van der Waals surface area contributed by atoms with E-state index in [1.807, 2.05) is 42.5 Å². The number of aliphatic hydroxyl groups excluding tert-OH is 1. The van der Waals surface area contributed by atoms with Crippen LogP contribution in [0.1, 0.15) is 6.42 Å². The van der Waals surface area contributed by atoms with E-state index in [0.717, 1.165) is 0 Å².